The summed E-state index contributed by atoms with van der Waals surface area (Å²) < 4.78 is 48.3. The number of halogens is 2. The maximum absolute atomic E-state index is 14.7. The van der Waals surface area contributed by atoms with Crippen LogP contribution in [0.1, 0.15) is 56.1 Å². The number of fused-ring (bicyclic) bond motifs is 1. The van der Waals surface area contributed by atoms with Gasteiger partial charge in [-0.1, -0.05) is 99.6 Å². The van der Waals surface area contributed by atoms with Gasteiger partial charge >= 0.3 is 5.92 Å². The molecular weight excluding hydrogens is 651 g/mol. The lowest BCUT2D eigenvalue weighted by molar-refractivity contribution is -0.0467. The number of alkyl halides is 2. The SMILES string of the molecule is C[C@H](Cc1cccc(OCC(F)(F)c2ccccc2)c1)NC[C@H](O[Si](C)(C)C(C)(C)C)c1ccc(OCc2ccccc2)c2[nH]c(=O)ccc12. The molecule has 0 saturated heterocycles. The Morgan fingerprint density at radius 2 is 1.50 bits per heavy atom. The molecule has 264 valence electrons. The minimum atomic E-state index is -3.10. The van der Waals surface area contributed by atoms with Crippen LogP contribution in [0, 0.1) is 0 Å². The van der Waals surface area contributed by atoms with E-state index < -0.39 is 20.8 Å². The largest absolute Gasteiger partial charge is 0.487 e. The highest BCUT2D eigenvalue weighted by Gasteiger charge is 2.40. The summed E-state index contributed by atoms with van der Waals surface area (Å²) >= 11 is 0. The second-order valence-electron chi connectivity index (χ2n) is 14.4. The van der Waals surface area contributed by atoms with Crippen LogP contribution in [-0.2, 0) is 23.4 Å². The quantitative estimate of drug-likeness (QED) is 0.107. The third-order valence-corrected chi connectivity index (χ3v) is 13.9. The molecule has 50 heavy (non-hydrogen) atoms. The highest BCUT2D eigenvalue weighted by molar-refractivity contribution is 6.74. The Hall–Kier alpha value is -4.31. The summed E-state index contributed by atoms with van der Waals surface area (Å²) in [5.41, 5.74) is 3.32. The van der Waals surface area contributed by atoms with Crippen molar-refractivity contribution in [3.05, 3.63) is 142 Å². The van der Waals surface area contributed by atoms with E-state index in [1.165, 1.54) is 18.2 Å². The van der Waals surface area contributed by atoms with Gasteiger partial charge < -0.3 is 24.2 Å². The Bertz CT molecular complexity index is 1910. The van der Waals surface area contributed by atoms with Gasteiger partial charge in [-0.25, -0.2) is 0 Å². The lowest BCUT2D eigenvalue weighted by Gasteiger charge is -2.40. The maximum atomic E-state index is 14.7. The Balaban J connectivity index is 1.33. The summed E-state index contributed by atoms with van der Waals surface area (Å²) in [6.45, 7) is 13.4. The highest BCUT2D eigenvalue weighted by atomic mass is 28.4. The van der Waals surface area contributed by atoms with Gasteiger partial charge in [0.15, 0.2) is 14.9 Å². The predicted molar refractivity (Wildman–Crippen MR) is 200 cm³/mol. The van der Waals surface area contributed by atoms with Gasteiger partial charge in [0.25, 0.3) is 0 Å². The van der Waals surface area contributed by atoms with Gasteiger partial charge in [0.1, 0.15) is 18.1 Å². The van der Waals surface area contributed by atoms with E-state index >= 15 is 0 Å². The molecule has 4 aromatic carbocycles. The molecule has 0 aliphatic carbocycles. The summed E-state index contributed by atoms with van der Waals surface area (Å²) in [6, 6.07) is 32.3. The molecule has 0 aliphatic rings. The lowest BCUT2D eigenvalue weighted by Crippen LogP contribution is -2.44. The number of ether oxygens (including phenoxy) is 2. The predicted octanol–water partition coefficient (Wildman–Crippen LogP) is 9.56. The standard InChI is InChI=1S/C41H48F2N2O4Si/c1-29(24-31-16-13-19-33(25-31)48-28-41(42,43)32-17-11-8-12-18-32)44-26-37(49-50(5,6)40(2,3)4)34-20-22-36(39-35(34)21-23-38(46)45-39)47-27-30-14-9-7-10-15-30/h7-23,25,29,37,44H,24,26-28H2,1-6H3,(H,45,46)/t29-,37+/m1/s1. The van der Waals surface area contributed by atoms with Crippen LogP contribution in [0.15, 0.2) is 114 Å². The molecule has 5 aromatic rings. The molecule has 0 spiro atoms. The van der Waals surface area contributed by atoms with Crippen LogP contribution in [-0.4, -0.2) is 32.5 Å². The van der Waals surface area contributed by atoms with Crippen molar-refractivity contribution in [2.75, 3.05) is 13.2 Å². The number of hydrogen-bond donors (Lipinski definition) is 2. The molecule has 6 nitrogen and oxygen atoms in total. The summed E-state index contributed by atoms with van der Waals surface area (Å²) in [5.74, 6) is -2.10. The molecule has 0 unspecified atom stereocenters. The fourth-order valence-corrected chi connectivity index (χ4v) is 6.84. The smallest absolute Gasteiger partial charge is 0.306 e. The van der Waals surface area contributed by atoms with Crippen LogP contribution in [0.2, 0.25) is 18.1 Å². The lowest BCUT2D eigenvalue weighted by atomic mass is 10.0. The van der Waals surface area contributed by atoms with Crippen molar-refractivity contribution < 1.29 is 22.7 Å². The zero-order valence-electron chi connectivity index (χ0n) is 29.8. The number of benzene rings is 4. The summed E-state index contributed by atoms with van der Waals surface area (Å²) in [6.07, 6.45) is 0.337. The van der Waals surface area contributed by atoms with Crippen LogP contribution < -0.4 is 20.3 Å². The van der Waals surface area contributed by atoms with E-state index in [0.717, 1.165) is 22.1 Å². The monoisotopic (exact) mass is 698 g/mol. The molecule has 0 fully saturated rings. The van der Waals surface area contributed by atoms with Crippen LogP contribution >= 0.6 is 0 Å². The molecule has 5 rings (SSSR count). The van der Waals surface area contributed by atoms with Crippen molar-refractivity contribution in [1.82, 2.24) is 10.3 Å². The second kappa shape index (κ2) is 15.7. The average molecular weight is 699 g/mol. The first-order valence-corrected chi connectivity index (χ1v) is 20.0. The second-order valence-corrected chi connectivity index (χ2v) is 19.2. The third kappa shape index (κ3) is 9.47. The van der Waals surface area contributed by atoms with Gasteiger partial charge in [0.05, 0.1) is 11.6 Å². The highest BCUT2D eigenvalue weighted by Crippen LogP contribution is 2.41. The fraction of sp³-hybridized carbons (Fsp3) is 0.341. The first-order chi connectivity index (χ1) is 23.7. The Labute approximate surface area is 295 Å². The van der Waals surface area contributed by atoms with E-state index in [1.54, 1.807) is 24.3 Å². The van der Waals surface area contributed by atoms with Crippen molar-refractivity contribution in [3.8, 4) is 11.5 Å². The number of aromatic amines is 1. The van der Waals surface area contributed by atoms with E-state index in [9.17, 15) is 13.6 Å². The van der Waals surface area contributed by atoms with Crippen molar-refractivity contribution in [3.63, 3.8) is 0 Å². The minimum absolute atomic E-state index is 0.0288. The molecule has 0 saturated carbocycles. The van der Waals surface area contributed by atoms with Crippen LogP contribution in [0.4, 0.5) is 8.78 Å². The summed E-state index contributed by atoms with van der Waals surface area (Å²) in [4.78, 5) is 15.5. The van der Waals surface area contributed by atoms with E-state index in [1.807, 2.05) is 66.7 Å². The number of aromatic nitrogens is 1. The van der Waals surface area contributed by atoms with Crippen LogP contribution in [0.25, 0.3) is 10.9 Å². The zero-order valence-corrected chi connectivity index (χ0v) is 30.8. The molecule has 2 N–H and O–H groups in total. The van der Waals surface area contributed by atoms with Crippen molar-refractivity contribution in [2.24, 2.45) is 0 Å². The van der Waals surface area contributed by atoms with Crippen molar-refractivity contribution in [2.45, 2.75) is 76.9 Å². The van der Waals surface area contributed by atoms with Gasteiger partial charge in [0, 0.05) is 29.6 Å². The molecule has 0 aliphatic heterocycles. The molecule has 9 heteroatoms. The van der Waals surface area contributed by atoms with E-state index in [4.69, 9.17) is 13.9 Å². The minimum Gasteiger partial charge on any atom is -0.487 e. The Morgan fingerprint density at radius 3 is 2.20 bits per heavy atom. The van der Waals surface area contributed by atoms with E-state index in [0.29, 0.717) is 36.6 Å². The van der Waals surface area contributed by atoms with E-state index in [2.05, 4.69) is 51.1 Å². The first kappa shape index (κ1) is 37.0. The molecule has 0 bridgehead atoms. The topological polar surface area (TPSA) is 72.6 Å². The van der Waals surface area contributed by atoms with Gasteiger partial charge in [-0.15, -0.1) is 0 Å². The molecule has 2 atom stereocenters. The Kier molecular flexibility index (Phi) is 11.6. The first-order valence-electron chi connectivity index (χ1n) is 17.1. The van der Waals surface area contributed by atoms with Crippen molar-refractivity contribution >= 4 is 19.2 Å². The molecule has 1 aromatic heterocycles. The van der Waals surface area contributed by atoms with Gasteiger partial charge in [0.2, 0.25) is 5.56 Å². The number of H-pyrrole nitrogens is 1. The zero-order chi connectivity index (χ0) is 35.9. The normalized spacial score (nSPS) is 13.6. The van der Waals surface area contributed by atoms with Gasteiger partial charge in [-0.3, -0.25) is 4.79 Å². The summed E-state index contributed by atoms with van der Waals surface area (Å²) in [7, 11) is -2.25. The summed E-state index contributed by atoms with van der Waals surface area (Å²) in [5, 5.41) is 4.51. The number of hydrogen-bond acceptors (Lipinski definition) is 5. The molecule has 0 amide bonds. The van der Waals surface area contributed by atoms with Crippen LogP contribution in [0.3, 0.4) is 0 Å². The Morgan fingerprint density at radius 1 is 0.820 bits per heavy atom. The third-order valence-electron chi connectivity index (χ3n) is 9.43. The number of nitrogens with one attached hydrogen (secondary N) is 2. The van der Waals surface area contributed by atoms with Gasteiger partial charge in [-0.2, -0.15) is 8.78 Å². The van der Waals surface area contributed by atoms with Gasteiger partial charge in [-0.05, 0) is 72.4 Å². The molecule has 0 radical (unpaired) electrons. The molecule has 1 heterocycles. The number of pyridine rings is 1. The maximum Gasteiger partial charge on any atom is 0.306 e. The number of rotatable bonds is 15. The fourth-order valence-electron chi connectivity index (χ4n) is 5.57. The van der Waals surface area contributed by atoms with Crippen LogP contribution in [0.5, 0.6) is 11.5 Å². The average Bonchev–Trinajstić information content (AvgIpc) is 3.08. The van der Waals surface area contributed by atoms with Crippen molar-refractivity contribution in [1.29, 1.82) is 0 Å². The molecular formula is C41H48F2N2O4Si. The van der Waals surface area contributed by atoms with E-state index in [-0.39, 0.29) is 28.3 Å².